The van der Waals surface area contributed by atoms with Crippen LogP contribution in [0.4, 0.5) is 11.4 Å². The van der Waals surface area contributed by atoms with E-state index in [1.54, 1.807) is 36.4 Å². The van der Waals surface area contributed by atoms with Gasteiger partial charge in [0, 0.05) is 0 Å². The van der Waals surface area contributed by atoms with Gasteiger partial charge in [-0.15, -0.1) is 0 Å². The Morgan fingerprint density at radius 1 is 1.19 bits per heavy atom. The van der Waals surface area contributed by atoms with Crippen molar-refractivity contribution in [1.29, 1.82) is 0 Å². The molecule has 0 aliphatic carbocycles. The Morgan fingerprint density at radius 3 is 2.62 bits per heavy atom. The molecule has 1 aromatic heterocycles. The maximum Gasteiger partial charge on any atom is 0.250 e. The van der Waals surface area contributed by atoms with Crippen LogP contribution in [0.3, 0.4) is 0 Å². The van der Waals surface area contributed by atoms with Gasteiger partial charge in [0.05, 0.1) is 33.9 Å². The number of amides is 2. The minimum atomic E-state index is -0.584. The summed E-state index contributed by atoms with van der Waals surface area (Å²) in [5.41, 5.74) is 12.0. The summed E-state index contributed by atoms with van der Waals surface area (Å²) in [4.78, 5) is 27.2. The molecule has 6 nitrogen and oxygen atoms in total. The first-order valence-electron chi connectivity index (χ1n) is 6.09. The molecule has 108 valence electrons. The highest BCUT2D eigenvalue weighted by Crippen LogP contribution is 2.18. The summed E-state index contributed by atoms with van der Waals surface area (Å²) in [5, 5.41) is 3.36. The number of carbonyl (C=O) groups excluding carboxylic acids is 2. The number of aromatic nitrogens is 1. The Labute approximate surface area is 125 Å². The van der Waals surface area contributed by atoms with E-state index in [0.29, 0.717) is 16.4 Å². The molecule has 0 atom stereocenters. The summed E-state index contributed by atoms with van der Waals surface area (Å²) in [5.74, 6) is -0.657. The highest BCUT2D eigenvalue weighted by molar-refractivity contribution is 7.99. The third-order valence-corrected chi connectivity index (χ3v) is 3.52. The van der Waals surface area contributed by atoms with Gasteiger partial charge in [0.1, 0.15) is 0 Å². The van der Waals surface area contributed by atoms with E-state index >= 15 is 0 Å². The van der Waals surface area contributed by atoms with Crippen LogP contribution >= 0.6 is 11.8 Å². The van der Waals surface area contributed by atoms with E-state index in [2.05, 4.69) is 10.3 Å². The van der Waals surface area contributed by atoms with Crippen molar-refractivity contribution in [2.75, 3.05) is 16.8 Å². The van der Waals surface area contributed by atoms with Crippen LogP contribution in [0.2, 0.25) is 0 Å². The van der Waals surface area contributed by atoms with Crippen molar-refractivity contribution >= 4 is 35.0 Å². The maximum atomic E-state index is 11.9. The molecule has 0 spiro atoms. The number of thioether (sulfide) groups is 1. The first kappa shape index (κ1) is 14.9. The molecule has 1 heterocycles. The van der Waals surface area contributed by atoms with Gasteiger partial charge in [0.2, 0.25) is 5.91 Å². The van der Waals surface area contributed by atoms with Crippen molar-refractivity contribution in [1.82, 2.24) is 4.98 Å². The summed E-state index contributed by atoms with van der Waals surface area (Å²) >= 11 is 1.28. The molecule has 0 unspecified atom stereocenters. The van der Waals surface area contributed by atoms with Crippen LogP contribution in [0, 0.1) is 0 Å². The van der Waals surface area contributed by atoms with Crippen molar-refractivity contribution in [2.45, 2.75) is 5.03 Å². The highest BCUT2D eigenvalue weighted by Gasteiger charge is 2.10. The molecule has 7 heteroatoms. The fraction of sp³-hybridized carbons (Fsp3) is 0.0714. The molecular weight excluding hydrogens is 288 g/mol. The smallest absolute Gasteiger partial charge is 0.250 e. The number of carbonyl (C=O) groups is 2. The number of nitrogen functional groups attached to an aromatic ring is 1. The van der Waals surface area contributed by atoms with E-state index in [9.17, 15) is 9.59 Å². The van der Waals surface area contributed by atoms with Gasteiger partial charge in [-0.1, -0.05) is 23.9 Å². The fourth-order valence-corrected chi connectivity index (χ4v) is 2.25. The van der Waals surface area contributed by atoms with Crippen LogP contribution in [0.15, 0.2) is 47.6 Å². The van der Waals surface area contributed by atoms with Crippen LogP contribution in [-0.2, 0) is 4.79 Å². The lowest BCUT2D eigenvalue weighted by Gasteiger charge is -2.08. The van der Waals surface area contributed by atoms with Crippen LogP contribution in [-0.4, -0.2) is 22.6 Å². The largest absolute Gasteiger partial charge is 0.397 e. The normalized spacial score (nSPS) is 10.1. The zero-order valence-corrected chi connectivity index (χ0v) is 11.9. The summed E-state index contributed by atoms with van der Waals surface area (Å²) < 4.78 is 0. The van der Waals surface area contributed by atoms with Crippen molar-refractivity contribution in [3.05, 3.63) is 48.2 Å². The SMILES string of the molecule is NC(=O)c1ccccc1NC(=O)CSc1ccc(N)cn1. The summed E-state index contributed by atoms with van der Waals surface area (Å²) in [6.45, 7) is 0. The lowest BCUT2D eigenvalue weighted by atomic mass is 10.1. The molecule has 0 saturated heterocycles. The van der Waals surface area contributed by atoms with E-state index in [4.69, 9.17) is 11.5 Å². The van der Waals surface area contributed by atoms with Crippen molar-refractivity contribution in [3.8, 4) is 0 Å². The van der Waals surface area contributed by atoms with Gasteiger partial charge in [-0.3, -0.25) is 9.59 Å². The number of nitrogens with two attached hydrogens (primary N) is 2. The summed E-state index contributed by atoms with van der Waals surface area (Å²) in [6.07, 6.45) is 1.53. The van der Waals surface area contributed by atoms with E-state index < -0.39 is 5.91 Å². The average Bonchev–Trinajstić information content (AvgIpc) is 2.47. The Kier molecular flexibility index (Phi) is 4.78. The zero-order chi connectivity index (χ0) is 15.2. The minimum absolute atomic E-state index is 0.171. The summed E-state index contributed by atoms with van der Waals surface area (Å²) in [6, 6.07) is 10.1. The molecule has 1 aromatic carbocycles. The highest BCUT2D eigenvalue weighted by atomic mass is 32.2. The number of hydrogen-bond acceptors (Lipinski definition) is 5. The minimum Gasteiger partial charge on any atom is -0.397 e. The van der Waals surface area contributed by atoms with Gasteiger partial charge >= 0.3 is 0 Å². The van der Waals surface area contributed by atoms with Crippen molar-refractivity contribution in [2.24, 2.45) is 5.73 Å². The molecule has 0 fully saturated rings. The first-order chi connectivity index (χ1) is 10.1. The number of para-hydroxylation sites is 1. The molecule has 2 amide bonds. The molecule has 2 aromatic rings. The Morgan fingerprint density at radius 2 is 1.95 bits per heavy atom. The van der Waals surface area contributed by atoms with E-state index in [1.165, 1.54) is 18.0 Å². The lowest BCUT2D eigenvalue weighted by Crippen LogP contribution is -2.19. The van der Waals surface area contributed by atoms with Gasteiger partial charge in [-0.2, -0.15) is 0 Å². The third-order valence-electron chi connectivity index (χ3n) is 2.58. The van der Waals surface area contributed by atoms with Gasteiger partial charge in [0.25, 0.3) is 5.91 Å². The number of anilines is 2. The molecule has 0 aliphatic rings. The average molecular weight is 302 g/mol. The molecule has 5 N–H and O–H groups in total. The third kappa shape index (κ3) is 4.22. The number of hydrogen-bond donors (Lipinski definition) is 3. The predicted octanol–water partition coefficient (Wildman–Crippen LogP) is 1.49. The van der Waals surface area contributed by atoms with Crippen LogP contribution in [0.1, 0.15) is 10.4 Å². The lowest BCUT2D eigenvalue weighted by molar-refractivity contribution is -0.113. The second kappa shape index (κ2) is 6.76. The van der Waals surface area contributed by atoms with Gasteiger partial charge < -0.3 is 16.8 Å². The van der Waals surface area contributed by atoms with E-state index in [1.807, 2.05) is 0 Å². The standard InChI is InChI=1S/C14H14N4O2S/c15-9-5-6-13(17-7-9)21-8-12(19)18-11-4-2-1-3-10(11)14(16)20/h1-7H,8,15H2,(H2,16,20)(H,18,19). The van der Waals surface area contributed by atoms with Gasteiger partial charge in [0.15, 0.2) is 0 Å². The summed E-state index contributed by atoms with van der Waals surface area (Å²) in [7, 11) is 0. The van der Waals surface area contributed by atoms with Crippen LogP contribution in [0.5, 0.6) is 0 Å². The number of nitrogens with zero attached hydrogens (tertiary/aromatic N) is 1. The molecule has 0 aliphatic heterocycles. The predicted molar refractivity (Wildman–Crippen MR) is 83.0 cm³/mol. The monoisotopic (exact) mass is 302 g/mol. The van der Waals surface area contributed by atoms with E-state index in [0.717, 1.165) is 0 Å². The second-order valence-corrected chi connectivity index (χ2v) is 5.17. The van der Waals surface area contributed by atoms with Crippen LogP contribution < -0.4 is 16.8 Å². The molecule has 0 bridgehead atoms. The zero-order valence-electron chi connectivity index (χ0n) is 11.1. The van der Waals surface area contributed by atoms with E-state index in [-0.39, 0.29) is 17.2 Å². The topological polar surface area (TPSA) is 111 Å². The Hall–Kier alpha value is -2.54. The van der Waals surface area contributed by atoms with Gasteiger partial charge in [-0.25, -0.2) is 4.98 Å². The maximum absolute atomic E-state index is 11.9. The molecule has 0 radical (unpaired) electrons. The Bertz CT molecular complexity index is 658. The number of pyridine rings is 1. The number of nitrogens with one attached hydrogen (secondary N) is 1. The van der Waals surface area contributed by atoms with Crippen molar-refractivity contribution < 1.29 is 9.59 Å². The van der Waals surface area contributed by atoms with Crippen LogP contribution in [0.25, 0.3) is 0 Å². The molecular formula is C14H14N4O2S. The number of primary amides is 1. The Balaban J connectivity index is 1.96. The number of rotatable bonds is 5. The second-order valence-electron chi connectivity index (χ2n) is 4.18. The molecule has 2 rings (SSSR count). The molecule has 21 heavy (non-hydrogen) atoms. The fourth-order valence-electron chi connectivity index (χ4n) is 1.61. The number of benzene rings is 1. The quantitative estimate of drug-likeness (QED) is 0.725. The van der Waals surface area contributed by atoms with Gasteiger partial charge in [-0.05, 0) is 24.3 Å². The molecule has 0 saturated carbocycles. The first-order valence-corrected chi connectivity index (χ1v) is 7.08. The van der Waals surface area contributed by atoms with Crippen molar-refractivity contribution in [3.63, 3.8) is 0 Å².